The molecule has 0 atom stereocenters. The van der Waals surface area contributed by atoms with Crippen LogP contribution in [-0.4, -0.2) is 48.8 Å². The number of phenols is 2. The van der Waals surface area contributed by atoms with E-state index in [1.807, 2.05) is 60.7 Å². The largest absolute Gasteiger partial charge is 0.507 e. The van der Waals surface area contributed by atoms with Crippen LogP contribution in [0.2, 0.25) is 0 Å². The lowest BCUT2D eigenvalue weighted by Crippen LogP contribution is -2.21. The molecule has 0 aromatic heterocycles. The third kappa shape index (κ3) is 5.97. The van der Waals surface area contributed by atoms with Crippen LogP contribution in [0.4, 0.5) is 22.7 Å². The highest BCUT2D eigenvalue weighted by Gasteiger charge is 2.09. The lowest BCUT2D eigenvalue weighted by Gasteiger charge is -2.21. The predicted octanol–water partition coefficient (Wildman–Crippen LogP) is 7.44. The summed E-state index contributed by atoms with van der Waals surface area (Å²) in [6.45, 7) is 11.9. The summed E-state index contributed by atoms with van der Waals surface area (Å²) < 4.78 is 0. The summed E-state index contributed by atoms with van der Waals surface area (Å²) in [5, 5.41) is 23.4. The molecule has 4 aromatic rings. The van der Waals surface area contributed by atoms with Gasteiger partial charge in [-0.25, -0.2) is 0 Å². The maximum absolute atomic E-state index is 10.7. The molecule has 0 fully saturated rings. The first-order valence-corrected chi connectivity index (χ1v) is 13.2. The third-order valence-corrected chi connectivity index (χ3v) is 6.81. The van der Waals surface area contributed by atoms with Gasteiger partial charge in [-0.1, -0.05) is 24.3 Å². The van der Waals surface area contributed by atoms with Gasteiger partial charge in [0.2, 0.25) is 0 Å². The maximum atomic E-state index is 10.7. The van der Waals surface area contributed by atoms with E-state index in [4.69, 9.17) is 9.98 Å². The minimum Gasteiger partial charge on any atom is -0.507 e. The molecule has 0 saturated carbocycles. The minimum absolute atomic E-state index is 0.183. The second kappa shape index (κ2) is 12.3. The van der Waals surface area contributed by atoms with Crippen LogP contribution in [0.15, 0.2) is 82.8 Å². The maximum Gasteiger partial charge on any atom is 0.126 e. The van der Waals surface area contributed by atoms with E-state index in [-0.39, 0.29) is 11.5 Å². The number of fused-ring (bicyclic) bond motifs is 1. The van der Waals surface area contributed by atoms with E-state index < -0.39 is 0 Å². The van der Waals surface area contributed by atoms with E-state index in [0.29, 0.717) is 22.5 Å². The first kappa shape index (κ1) is 26.7. The standard InChI is InChI=1S/C32H36N4O2/c1-5-35(6-2)27-15-13-25(31(37)19-27)21-33-29-17-23-11-9-10-12-24(23)18-30(29)34-22-26-14-16-28(20-32(26)38)36(7-3)8-4/h9-22,37-38H,5-8H2,1-4H3. The zero-order valence-electron chi connectivity index (χ0n) is 22.6. The molecule has 0 saturated heterocycles. The fourth-order valence-corrected chi connectivity index (χ4v) is 4.55. The molecule has 0 bridgehead atoms. The highest BCUT2D eigenvalue weighted by atomic mass is 16.3. The predicted molar refractivity (Wildman–Crippen MR) is 162 cm³/mol. The molecule has 0 unspecified atom stereocenters. The van der Waals surface area contributed by atoms with Crippen molar-refractivity contribution in [2.45, 2.75) is 27.7 Å². The Kier molecular flexibility index (Phi) is 8.64. The summed E-state index contributed by atoms with van der Waals surface area (Å²) in [4.78, 5) is 13.8. The van der Waals surface area contributed by atoms with Crippen molar-refractivity contribution in [3.63, 3.8) is 0 Å². The molecule has 196 valence electrons. The Labute approximate surface area is 225 Å². The Bertz CT molecular complexity index is 1340. The molecule has 6 heteroatoms. The second-order valence-corrected chi connectivity index (χ2v) is 9.04. The monoisotopic (exact) mass is 508 g/mol. The summed E-state index contributed by atoms with van der Waals surface area (Å²) >= 11 is 0. The van der Waals surface area contributed by atoms with Crippen LogP contribution < -0.4 is 9.80 Å². The number of rotatable bonds is 10. The van der Waals surface area contributed by atoms with Crippen molar-refractivity contribution in [3.8, 4) is 11.5 Å². The average Bonchev–Trinajstić information content (AvgIpc) is 2.93. The third-order valence-electron chi connectivity index (χ3n) is 6.81. The number of nitrogens with zero attached hydrogens (tertiary/aromatic N) is 4. The van der Waals surface area contributed by atoms with Gasteiger partial charge in [0.05, 0.1) is 11.4 Å². The highest BCUT2D eigenvalue weighted by Crippen LogP contribution is 2.34. The molecule has 4 aromatic carbocycles. The van der Waals surface area contributed by atoms with Gasteiger partial charge in [0, 0.05) is 73.2 Å². The van der Waals surface area contributed by atoms with E-state index in [1.54, 1.807) is 24.6 Å². The molecule has 0 amide bonds. The lowest BCUT2D eigenvalue weighted by molar-refractivity contribution is 0.474. The first-order valence-electron chi connectivity index (χ1n) is 13.2. The fraction of sp³-hybridized carbons (Fsp3) is 0.250. The lowest BCUT2D eigenvalue weighted by atomic mass is 10.1. The molecular weight excluding hydrogens is 472 g/mol. The summed E-state index contributed by atoms with van der Waals surface area (Å²) in [5.41, 5.74) is 4.57. The Morgan fingerprint density at radius 1 is 0.579 bits per heavy atom. The Morgan fingerprint density at radius 3 is 1.32 bits per heavy atom. The Morgan fingerprint density at radius 2 is 0.974 bits per heavy atom. The van der Waals surface area contributed by atoms with Crippen molar-refractivity contribution in [3.05, 3.63) is 83.9 Å². The van der Waals surface area contributed by atoms with Gasteiger partial charge in [-0.3, -0.25) is 9.98 Å². The van der Waals surface area contributed by atoms with E-state index >= 15 is 0 Å². The molecule has 0 aliphatic rings. The van der Waals surface area contributed by atoms with Gasteiger partial charge in [0.15, 0.2) is 0 Å². The molecule has 0 heterocycles. The van der Waals surface area contributed by atoms with Crippen LogP contribution in [0.3, 0.4) is 0 Å². The summed E-state index contributed by atoms with van der Waals surface area (Å²) in [6, 6.07) is 23.3. The fourth-order valence-electron chi connectivity index (χ4n) is 4.55. The molecule has 0 aliphatic heterocycles. The summed E-state index contributed by atoms with van der Waals surface area (Å²) in [6.07, 6.45) is 3.33. The van der Waals surface area contributed by atoms with E-state index in [0.717, 1.165) is 48.3 Å². The quantitative estimate of drug-likeness (QED) is 0.218. The molecule has 0 spiro atoms. The molecule has 6 nitrogen and oxygen atoms in total. The van der Waals surface area contributed by atoms with Crippen LogP contribution in [0.5, 0.6) is 11.5 Å². The van der Waals surface area contributed by atoms with E-state index in [2.05, 4.69) is 37.5 Å². The number of aromatic hydroxyl groups is 2. The van der Waals surface area contributed by atoms with Crippen molar-refractivity contribution >= 4 is 46.0 Å². The van der Waals surface area contributed by atoms with Gasteiger partial charge in [0.1, 0.15) is 11.5 Å². The number of anilines is 2. The number of phenolic OH excluding ortho intramolecular Hbond substituents is 2. The SMILES string of the molecule is CCN(CC)c1ccc(C=Nc2cc3ccccc3cc2N=Cc2ccc(N(CC)CC)cc2O)c(O)c1. The van der Waals surface area contributed by atoms with Crippen molar-refractivity contribution < 1.29 is 10.2 Å². The smallest absolute Gasteiger partial charge is 0.126 e. The molecule has 0 radical (unpaired) electrons. The first-order chi connectivity index (χ1) is 18.5. The van der Waals surface area contributed by atoms with Gasteiger partial charge in [-0.05, 0) is 74.9 Å². The Hall–Kier alpha value is -4.32. The topological polar surface area (TPSA) is 71.7 Å². The van der Waals surface area contributed by atoms with Crippen LogP contribution in [0.1, 0.15) is 38.8 Å². The second-order valence-electron chi connectivity index (χ2n) is 9.04. The minimum atomic E-state index is 0.183. The van der Waals surface area contributed by atoms with E-state index in [1.165, 1.54) is 0 Å². The van der Waals surface area contributed by atoms with E-state index in [9.17, 15) is 10.2 Å². The Balaban J connectivity index is 1.68. The van der Waals surface area contributed by atoms with Gasteiger partial charge >= 0.3 is 0 Å². The van der Waals surface area contributed by atoms with Crippen LogP contribution in [0.25, 0.3) is 10.8 Å². The highest BCUT2D eigenvalue weighted by molar-refractivity contribution is 5.95. The molecule has 2 N–H and O–H groups in total. The van der Waals surface area contributed by atoms with Crippen LogP contribution in [-0.2, 0) is 0 Å². The molecule has 4 rings (SSSR count). The van der Waals surface area contributed by atoms with Crippen LogP contribution in [0, 0.1) is 0 Å². The van der Waals surface area contributed by atoms with Gasteiger partial charge in [-0.2, -0.15) is 0 Å². The number of aliphatic imine (C=N–C) groups is 2. The zero-order chi connectivity index (χ0) is 27.1. The zero-order valence-corrected chi connectivity index (χ0v) is 22.6. The van der Waals surface area contributed by atoms with Crippen molar-refractivity contribution in [2.24, 2.45) is 9.98 Å². The van der Waals surface area contributed by atoms with Crippen molar-refractivity contribution in [1.82, 2.24) is 0 Å². The summed E-state index contributed by atoms with van der Waals surface area (Å²) in [5.74, 6) is 0.365. The van der Waals surface area contributed by atoms with Crippen molar-refractivity contribution in [1.29, 1.82) is 0 Å². The summed E-state index contributed by atoms with van der Waals surface area (Å²) in [7, 11) is 0. The van der Waals surface area contributed by atoms with Gasteiger partial charge in [0.25, 0.3) is 0 Å². The average molecular weight is 509 g/mol. The van der Waals surface area contributed by atoms with Gasteiger partial charge < -0.3 is 20.0 Å². The number of hydrogen-bond acceptors (Lipinski definition) is 6. The molecule has 0 aliphatic carbocycles. The number of benzene rings is 4. The number of hydrogen-bond donors (Lipinski definition) is 2. The van der Waals surface area contributed by atoms with Gasteiger partial charge in [-0.15, -0.1) is 0 Å². The normalized spacial score (nSPS) is 11.6. The van der Waals surface area contributed by atoms with Crippen LogP contribution >= 0.6 is 0 Å². The molecule has 38 heavy (non-hydrogen) atoms. The molecular formula is C32H36N4O2. The van der Waals surface area contributed by atoms with Crippen molar-refractivity contribution in [2.75, 3.05) is 36.0 Å².